The van der Waals surface area contributed by atoms with Crippen LogP contribution >= 0.6 is 0 Å². The highest BCUT2D eigenvalue weighted by molar-refractivity contribution is 7.91. The first-order chi connectivity index (χ1) is 27.9. The Hall–Kier alpha value is -5.60. The summed E-state index contributed by atoms with van der Waals surface area (Å²) in [4.78, 5) is 34.6. The minimum absolute atomic E-state index is 0.0597. The number of nitro benzene ring substituents is 1. The maximum absolute atomic E-state index is 13.4. The average molecular weight is 911 g/mol. The lowest BCUT2D eigenvalue weighted by atomic mass is 10.1. The zero-order valence-corrected chi connectivity index (χ0v) is 35.5. The first-order valence-corrected chi connectivity index (χ1v) is 23.2. The summed E-state index contributed by atoms with van der Waals surface area (Å²) in [5.41, 5.74) is -1.92. The Morgan fingerprint density at radius 1 is 0.750 bits per heavy atom. The molecule has 4 rings (SSSR count). The van der Waals surface area contributed by atoms with Crippen molar-refractivity contribution in [1.82, 2.24) is 4.72 Å². The van der Waals surface area contributed by atoms with Gasteiger partial charge in [0.2, 0.25) is 10.0 Å². The van der Waals surface area contributed by atoms with Crippen LogP contribution in [0.4, 0.5) is 17.1 Å². The molecule has 0 aliphatic carbocycles. The Bertz CT molecular complexity index is 2830. The van der Waals surface area contributed by atoms with Crippen LogP contribution in [0.3, 0.4) is 0 Å². The van der Waals surface area contributed by atoms with Crippen molar-refractivity contribution >= 4 is 81.1 Å². The molecule has 20 nitrogen and oxygen atoms in total. The number of carbonyl (C=O) groups excluding carboxylic acids is 2. The van der Waals surface area contributed by atoms with E-state index >= 15 is 0 Å². The van der Waals surface area contributed by atoms with Gasteiger partial charge in [-0.1, -0.05) is 24.3 Å². The predicted octanol–water partition coefficient (Wildman–Crippen LogP) is 3.97. The number of amides is 2. The normalized spacial score (nSPS) is 12.4. The van der Waals surface area contributed by atoms with Gasteiger partial charge in [-0.05, 0) is 79.6 Å². The van der Waals surface area contributed by atoms with Crippen molar-refractivity contribution in [1.29, 1.82) is 0 Å². The van der Waals surface area contributed by atoms with Gasteiger partial charge in [-0.15, -0.1) is 0 Å². The third-order valence-corrected chi connectivity index (χ3v) is 13.0. The number of nitrogens with one attached hydrogen (secondary N) is 3. The number of carbonyl (C=O) groups is 2. The van der Waals surface area contributed by atoms with Gasteiger partial charge in [-0.2, -0.15) is 16.8 Å². The molecule has 4 aromatic carbocycles. The number of sulfone groups is 1. The van der Waals surface area contributed by atoms with Crippen LogP contribution in [0.1, 0.15) is 45.7 Å². The lowest BCUT2D eigenvalue weighted by Crippen LogP contribution is -2.28. The van der Waals surface area contributed by atoms with Crippen LogP contribution in [0.15, 0.2) is 92.4 Å². The van der Waals surface area contributed by atoms with E-state index in [4.69, 9.17) is 13.7 Å². The van der Waals surface area contributed by atoms with Crippen LogP contribution in [0.5, 0.6) is 5.75 Å². The molecule has 0 radical (unpaired) electrons. The topological polar surface area (TPSA) is 298 Å². The fourth-order valence-electron chi connectivity index (χ4n) is 5.33. The molecule has 0 aliphatic rings. The third kappa shape index (κ3) is 11.8. The number of sulfonamides is 1. The van der Waals surface area contributed by atoms with Gasteiger partial charge in [-0.25, -0.2) is 21.6 Å². The average Bonchev–Trinajstić information content (AvgIpc) is 3.15. The molecule has 0 aromatic heterocycles. The summed E-state index contributed by atoms with van der Waals surface area (Å²) in [6.07, 6.45) is 2.20. The van der Waals surface area contributed by atoms with E-state index in [0.717, 1.165) is 54.8 Å². The number of nitro groups is 1. The number of methoxy groups -OCH3 is 2. The zero-order chi connectivity index (χ0) is 44.8. The van der Waals surface area contributed by atoms with Gasteiger partial charge >= 0.3 is 0 Å². The van der Waals surface area contributed by atoms with Gasteiger partial charge in [-0.3, -0.25) is 28.4 Å². The molecule has 0 unspecified atom stereocenters. The number of rotatable bonds is 18. The molecule has 0 saturated carbocycles. The van der Waals surface area contributed by atoms with Gasteiger partial charge in [0, 0.05) is 48.5 Å². The summed E-state index contributed by atoms with van der Waals surface area (Å²) in [5, 5.41) is 16.3. The summed E-state index contributed by atoms with van der Waals surface area (Å²) in [5.74, 6) is -1.89. The van der Waals surface area contributed by atoms with Crippen molar-refractivity contribution in [2.75, 3.05) is 44.3 Å². The van der Waals surface area contributed by atoms with Crippen LogP contribution < -0.4 is 20.1 Å². The maximum atomic E-state index is 13.4. The molecular formula is C36H38N4O16S4. The molecule has 0 spiro atoms. The van der Waals surface area contributed by atoms with E-state index < -0.39 is 83.3 Å². The van der Waals surface area contributed by atoms with Crippen molar-refractivity contribution in [2.45, 2.75) is 39.5 Å². The summed E-state index contributed by atoms with van der Waals surface area (Å²) >= 11 is 0. The fraction of sp³-hybridized carbons (Fsp3) is 0.222. The minimum atomic E-state index is -5.03. The van der Waals surface area contributed by atoms with Crippen LogP contribution in [-0.4, -0.2) is 94.7 Å². The Morgan fingerprint density at radius 2 is 1.28 bits per heavy atom. The van der Waals surface area contributed by atoms with E-state index in [1.54, 1.807) is 0 Å². The fourth-order valence-corrected chi connectivity index (χ4v) is 9.38. The second kappa shape index (κ2) is 18.8. The molecular weight excluding hydrogens is 873 g/mol. The molecule has 0 aliphatic heterocycles. The molecule has 0 fully saturated rings. The quantitative estimate of drug-likeness (QED) is 0.0274. The Morgan fingerprint density at radius 3 is 1.78 bits per heavy atom. The van der Waals surface area contributed by atoms with Crippen molar-refractivity contribution in [3.8, 4) is 5.75 Å². The van der Waals surface area contributed by atoms with Crippen LogP contribution in [0.25, 0.3) is 12.2 Å². The molecule has 2 amide bonds. The highest BCUT2D eigenvalue weighted by Gasteiger charge is 2.26. The van der Waals surface area contributed by atoms with E-state index in [-0.39, 0.29) is 57.4 Å². The molecule has 24 heteroatoms. The van der Waals surface area contributed by atoms with Crippen molar-refractivity contribution in [3.63, 3.8) is 0 Å². The van der Waals surface area contributed by atoms with E-state index in [9.17, 15) is 57.9 Å². The number of ether oxygens (including phenoxy) is 2. The summed E-state index contributed by atoms with van der Waals surface area (Å²) < 4.78 is 129. The second-order valence-corrected chi connectivity index (χ2v) is 19.4. The van der Waals surface area contributed by atoms with Crippen LogP contribution in [-0.2, 0) is 49.0 Å². The molecule has 322 valence electrons. The highest BCUT2D eigenvalue weighted by atomic mass is 32.2. The predicted molar refractivity (Wildman–Crippen MR) is 217 cm³/mol. The lowest BCUT2D eigenvalue weighted by molar-refractivity contribution is -0.387. The van der Waals surface area contributed by atoms with Crippen LogP contribution in [0, 0.1) is 10.1 Å². The minimum Gasteiger partial charge on any atom is -0.495 e. The number of hydrogen-bond donors (Lipinski definition) is 4. The van der Waals surface area contributed by atoms with Gasteiger partial charge in [0.15, 0.2) is 9.84 Å². The Labute approximate surface area is 345 Å². The van der Waals surface area contributed by atoms with Crippen LogP contribution in [0.2, 0.25) is 0 Å². The number of anilines is 2. The Balaban J connectivity index is 1.69. The van der Waals surface area contributed by atoms with Gasteiger partial charge < -0.3 is 20.1 Å². The molecule has 0 bridgehead atoms. The van der Waals surface area contributed by atoms with Gasteiger partial charge in [0.05, 0.1) is 24.7 Å². The largest absolute Gasteiger partial charge is 0.495 e. The standard InChI is InChI=1S/C36H38N4O16S4/c1-22(2)56-60(52,53)33-21-28(39-36(42)26-10-14-30(55-4)34(19-26)58(47,48)37-16-17-54-3)13-9-24(33)7-6-23-8-12-27(20-32(23)59(49,50)51)38-35(41)25-11-15-31(57(5,45)46)29(18-25)40(43)44/h6-15,18-22,37H,16-17H2,1-5H3,(H,38,41)(H,39,42)(H,49,50,51)/b7-6+. The first-order valence-electron chi connectivity index (χ1n) is 17.0. The monoisotopic (exact) mass is 910 g/mol. The Kier molecular flexibility index (Phi) is 14.7. The molecule has 0 heterocycles. The van der Waals surface area contributed by atoms with Crippen molar-refractivity contribution in [3.05, 3.63) is 105 Å². The number of nitrogens with zero attached hydrogens (tertiary/aromatic N) is 1. The molecule has 60 heavy (non-hydrogen) atoms. The summed E-state index contributed by atoms with van der Waals surface area (Å²) in [7, 11) is -15.2. The summed E-state index contributed by atoms with van der Waals surface area (Å²) in [6, 6.07) is 13.0. The van der Waals surface area contributed by atoms with E-state index in [1.807, 2.05) is 0 Å². The highest BCUT2D eigenvalue weighted by Crippen LogP contribution is 2.30. The van der Waals surface area contributed by atoms with Gasteiger partial charge in [0.25, 0.3) is 37.7 Å². The molecule has 4 aromatic rings. The van der Waals surface area contributed by atoms with Gasteiger partial charge in [0.1, 0.15) is 25.3 Å². The van der Waals surface area contributed by atoms with E-state index in [1.165, 1.54) is 64.5 Å². The third-order valence-electron chi connectivity index (χ3n) is 7.98. The van der Waals surface area contributed by atoms with E-state index in [2.05, 4.69) is 15.4 Å². The number of hydrogen-bond acceptors (Lipinski definition) is 15. The maximum Gasteiger partial charge on any atom is 0.297 e. The first kappa shape index (κ1) is 47.1. The zero-order valence-electron chi connectivity index (χ0n) is 32.2. The lowest BCUT2D eigenvalue weighted by Gasteiger charge is -2.14. The molecule has 0 saturated heterocycles. The van der Waals surface area contributed by atoms with Crippen molar-refractivity contribution in [2.24, 2.45) is 0 Å². The molecule has 4 N–H and O–H groups in total. The van der Waals surface area contributed by atoms with Crippen molar-refractivity contribution < 1.29 is 66.4 Å². The molecule has 0 atom stereocenters. The summed E-state index contributed by atoms with van der Waals surface area (Å²) in [6.45, 7) is 2.89. The second-order valence-electron chi connectivity index (χ2n) is 12.8. The SMILES string of the molecule is COCCNS(=O)(=O)c1cc(C(=O)Nc2ccc(/C=C/c3ccc(NC(=O)c4ccc(S(C)(=O)=O)c([N+](=O)[O-])c4)cc3S(=O)(=O)O)c(S(=O)(=O)OC(C)C)c2)ccc1OC. The smallest absolute Gasteiger partial charge is 0.297 e. The number of benzene rings is 4. The van der Waals surface area contributed by atoms with E-state index in [0.29, 0.717) is 0 Å².